The summed E-state index contributed by atoms with van der Waals surface area (Å²) in [5.74, 6) is 0.0940. The van der Waals surface area contributed by atoms with Crippen molar-refractivity contribution in [3.05, 3.63) is 70.8 Å². The average molecular weight is 290 g/mol. The van der Waals surface area contributed by atoms with E-state index >= 15 is 0 Å². The summed E-state index contributed by atoms with van der Waals surface area (Å²) in [7, 11) is 0. The molecule has 3 heterocycles. The molecule has 0 bridgehead atoms. The highest BCUT2D eigenvalue weighted by atomic mass is 16.2. The average Bonchev–Trinajstić information content (AvgIpc) is 3.12. The Labute approximate surface area is 128 Å². The molecule has 4 heteroatoms. The van der Waals surface area contributed by atoms with Crippen molar-refractivity contribution in [2.75, 3.05) is 0 Å². The maximum Gasteiger partial charge on any atom is 0.251 e. The van der Waals surface area contributed by atoms with E-state index < -0.39 is 12.1 Å². The second kappa shape index (κ2) is 3.97. The summed E-state index contributed by atoms with van der Waals surface area (Å²) in [4.78, 5) is 29.5. The highest BCUT2D eigenvalue weighted by Crippen LogP contribution is 2.46. The summed E-state index contributed by atoms with van der Waals surface area (Å²) in [6.07, 6.45) is 0. The van der Waals surface area contributed by atoms with Crippen LogP contribution in [-0.4, -0.2) is 21.6 Å². The topological polar surface area (TPSA) is 40.6 Å². The SMILES string of the molecule is O=C1C2c3ccccc3CN2C(=O)C2c3ccccc3CN12. The number of rotatable bonds is 0. The summed E-state index contributed by atoms with van der Waals surface area (Å²) < 4.78 is 0. The Morgan fingerprint density at radius 3 is 1.55 bits per heavy atom. The number of hydrogen-bond acceptors (Lipinski definition) is 2. The molecule has 2 unspecified atom stereocenters. The van der Waals surface area contributed by atoms with E-state index in [2.05, 4.69) is 0 Å². The van der Waals surface area contributed by atoms with Crippen molar-refractivity contribution in [3.63, 3.8) is 0 Å². The number of carbonyl (C=O) groups is 2. The smallest absolute Gasteiger partial charge is 0.251 e. The van der Waals surface area contributed by atoms with Gasteiger partial charge < -0.3 is 9.80 Å². The van der Waals surface area contributed by atoms with Gasteiger partial charge in [-0.05, 0) is 22.3 Å². The number of benzene rings is 2. The molecule has 0 radical (unpaired) electrons. The van der Waals surface area contributed by atoms with Gasteiger partial charge in [-0.2, -0.15) is 0 Å². The summed E-state index contributed by atoms with van der Waals surface area (Å²) in [5, 5.41) is 0. The van der Waals surface area contributed by atoms with Gasteiger partial charge in [0.15, 0.2) is 0 Å². The van der Waals surface area contributed by atoms with Crippen LogP contribution in [-0.2, 0) is 22.7 Å². The molecule has 0 aliphatic carbocycles. The van der Waals surface area contributed by atoms with E-state index in [-0.39, 0.29) is 11.8 Å². The molecule has 108 valence electrons. The van der Waals surface area contributed by atoms with Gasteiger partial charge in [0.2, 0.25) is 0 Å². The first-order valence-electron chi connectivity index (χ1n) is 7.52. The van der Waals surface area contributed by atoms with E-state index in [4.69, 9.17) is 0 Å². The quantitative estimate of drug-likeness (QED) is 0.746. The monoisotopic (exact) mass is 290 g/mol. The van der Waals surface area contributed by atoms with Crippen molar-refractivity contribution in [3.8, 4) is 0 Å². The molecule has 2 atom stereocenters. The normalized spacial score (nSPS) is 24.9. The van der Waals surface area contributed by atoms with E-state index in [1.165, 1.54) is 0 Å². The van der Waals surface area contributed by atoms with Crippen LogP contribution in [0.4, 0.5) is 0 Å². The molecule has 1 saturated heterocycles. The fourth-order valence-corrected chi connectivity index (χ4v) is 4.03. The van der Waals surface area contributed by atoms with E-state index in [9.17, 15) is 9.59 Å². The zero-order chi connectivity index (χ0) is 14.8. The molecule has 0 spiro atoms. The van der Waals surface area contributed by atoms with Gasteiger partial charge in [-0.15, -0.1) is 0 Å². The molecule has 2 aromatic carbocycles. The highest BCUT2D eigenvalue weighted by molar-refractivity contribution is 6.00. The van der Waals surface area contributed by atoms with Gasteiger partial charge in [-0.3, -0.25) is 9.59 Å². The minimum atomic E-state index is -0.436. The van der Waals surface area contributed by atoms with Crippen LogP contribution in [0.2, 0.25) is 0 Å². The number of amides is 2. The molecule has 3 aliphatic rings. The van der Waals surface area contributed by atoms with Crippen molar-refractivity contribution < 1.29 is 9.59 Å². The maximum atomic E-state index is 13.0. The lowest BCUT2D eigenvalue weighted by molar-refractivity contribution is -0.161. The van der Waals surface area contributed by atoms with Crippen molar-refractivity contribution in [1.29, 1.82) is 0 Å². The van der Waals surface area contributed by atoms with Crippen LogP contribution in [0.15, 0.2) is 48.5 Å². The number of carbonyl (C=O) groups excluding carboxylic acids is 2. The summed E-state index contributed by atoms with van der Waals surface area (Å²) >= 11 is 0. The van der Waals surface area contributed by atoms with Gasteiger partial charge in [0.1, 0.15) is 12.1 Å². The van der Waals surface area contributed by atoms with Crippen LogP contribution in [0, 0.1) is 0 Å². The lowest BCUT2D eigenvalue weighted by atomic mass is 9.98. The molecule has 0 saturated carbocycles. The number of nitrogens with zero attached hydrogens (tertiary/aromatic N) is 2. The first kappa shape index (κ1) is 12.0. The molecule has 1 fully saturated rings. The van der Waals surface area contributed by atoms with Crippen LogP contribution >= 0.6 is 0 Å². The zero-order valence-electron chi connectivity index (χ0n) is 11.9. The second-order valence-electron chi connectivity index (χ2n) is 6.13. The number of hydrogen-bond donors (Lipinski definition) is 0. The molecular weight excluding hydrogens is 276 g/mol. The fourth-order valence-electron chi connectivity index (χ4n) is 4.03. The van der Waals surface area contributed by atoms with Crippen LogP contribution in [0.3, 0.4) is 0 Å². The van der Waals surface area contributed by atoms with Crippen molar-refractivity contribution in [2.24, 2.45) is 0 Å². The van der Waals surface area contributed by atoms with Gasteiger partial charge in [-0.1, -0.05) is 48.5 Å². The Morgan fingerprint density at radius 1 is 0.682 bits per heavy atom. The summed E-state index contributed by atoms with van der Waals surface area (Å²) in [5.41, 5.74) is 4.14. The van der Waals surface area contributed by atoms with Gasteiger partial charge in [0.25, 0.3) is 11.8 Å². The first-order chi connectivity index (χ1) is 10.8. The zero-order valence-corrected chi connectivity index (χ0v) is 11.9. The summed E-state index contributed by atoms with van der Waals surface area (Å²) in [6.45, 7) is 1.08. The van der Waals surface area contributed by atoms with Gasteiger partial charge in [-0.25, -0.2) is 0 Å². The second-order valence-corrected chi connectivity index (χ2v) is 6.13. The molecule has 5 rings (SSSR count). The molecule has 0 aromatic heterocycles. The minimum Gasteiger partial charge on any atom is -0.320 e. The molecule has 2 amide bonds. The predicted molar refractivity (Wildman–Crippen MR) is 79.5 cm³/mol. The Morgan fingerprint density at radius 2 is 1.09 bits per heavy atom. The van der Waals surface area contributed by atoms with E-state index in [0.29, 0.717) is 13.1 Å². The first-order valence-corrected chi connectivity index (χ1v) is 7.52. The predicted octanol–water partition coefficient (Wildman–Crippen LogP) is 2.17. The Bertz CT molecular complexity index is 760. The third-order valence-corrected chi connectivity index (χ3v) is 5.04. The molecule has 3 aliphatic heterocycles. The standard InChI is InChI=1S/C18H14N2O2/c21-17-15-13-7-3-1-5-11(13)9-19(15)18(22)16-14-8-4-2-6-12(14)10-20(16)17/h1-8,15-16H,9-10H2. The fraction of sp³-hybridized carbons (Fsp3) is 0.222. The third kappa shape index (κ3) is 1.32. The van der Waals surface area contributed by atoms with Crippen molar-refractivity contribution in [2.45, 2.75) is 25.2 Å². The highest BCUT2D eigenvalue weighted by Gasteiger charge is 2.52. The maximum absolute atomic E-state index is 13.0. The molecule has 2 aromatic rings. The van der Waals surface area contributed by atoms with Gasteiger partial charge in [0.05, 0.1) is 0 Å². The largest absolute Gasteiger partial charge is 0.320 e. The molecule has 0 N–H and O–H groups in total. The number of piperazine rings is 1. The van der Waals surface area contributed by atoms with Crippen molar-refractivity contribution >= 4 is 11.8 Å². The van der Waals surface area contributed by atoms with Crippen LogP contribution in [0.25, 0.3) is 0 Å². The molecule has 22 heavy (non-hydrogen) atoms. The lowest BCUT2D eigenvalue weighted by Crippen LogP contribution is -2.52. The third-order valence-electron chi connectivity index (χ3n) is 5.04. The van der Waals surface area contributed by atoms with Crippen molar-refractivity contribution in [1.82, 2.24) is 9.80 Å². The van der Waals surface area contributed by atoms with E-state index in [0.717, 1.165) is 22.3 Å². The van der Waals surface area contributed by atoms with Crippen LogP contribution in [0.5, 0.6) is 0 Å². The molecular formula is C18H14N2O2. The minimum absolute atomic E-state index is 0.0470. The lowest BCUT2D eigenvalue weighted by Gasteiger charge is -2.39. The summed E-state index contributed by atoms with van der Waals surface area (Å²) in [6, 6.07) is 14.9. The Hall–Kier alpha value is -2.62. The van der Waals surface area contributed by atoms with E-state index in [1.54, 1.807) is 9.80 Å². The Kier molecular flexibility index (Phi) is 2.16. The van der Waals surface area contributed by atoms with Gasteiger partial charge >= 0.3 is 0 Å². The number of fused-ring (bicyclic) bond motifs is 6. The van der Waals surface area contributed by atoms with Gasteiger partial charge in [0, 0.05) is 13.1 Å². The Balaban J connectivity index is 1.65. The van der Waals surface area contributed by atoms with Crippen LogP contribution in [0.1, 0.15) is 34.3 Å². The van der Waals surface area contributed by atoms with Crippen LogP contribution < -0.4 is 0 Å². The molecule has 4 nitrogen and oxygen atoms in total. The van der Waals surface area contributed by atoms with E-state index in [1.807, 2.05) is 48.5 Å².